The molecular formula is C12H13N3O4. The fourth-order valence-electron chi connectivity index (χ4n) is 1.67. The molecule has 0 saturated carbocycles. The van der Waals surface area contributed by atoms with Gasteiger partial charge >= 0.3 is 5.97 Å². The molecule has 0 spiro atoms. The summed E-state index contributed by atoms with van der Waals surface area (Å²) in [5.41, 5.74) is 1.18. The second-order valence-electron chi connectivity index (χ2n) is 4.05. The predicted octanol–water partition coefficient (Wildman–Crippen LogP) is 0.950. The molecule has 2 heterocycles. The highest BCUT2D eigenvalue weighted by atomic mass is 16.4. The monoisotopic (exact) mass is 263 g/mol. The van der Waals surface area contributed by atoms with E-state index in [2.05, 4.69) is 10.4 Å². The number of carboxylic acid groups (broad SMARTS) is 1. The van der Waals surface area contributed by atoms with E-state index in [0.29, 0.717) is 11.5 Å². The molecule has 7 nitrogen and oxygen atoms in total. The molecule has 7 heteroatoms. The Balaban J connectivity index is 2.00. The lowest BCUT2D eigenvalue weighted by molar-refractivity contribution is 0.0660. The number of aryl methyl sites for hydroxylation is 2. The third-order valence-corrected chi connectivity index (χ3v) is 2.53. The summed E-state index contributed by atoms with van der Waals surface area (Å²) in [6.45, 7) is 1.92. The largest absolute Gasteiger partial charge is 0.475 e. The molecule has 19 heavy (non-hydrogen) atoms. The topological polar surface area (TPSA) is 97.4 Å². The molecule has 0 atom stereocenters. The predicted molar refractivity (Wildman–Crippen MR) is 64.8 cm³/mol. The number of furan rings is 1. The van der Waals surface area contributed by atoms with Crippen LogP contribution in [0.1, 0.15) is 32.5 Å². The molecule has 2 rings (SSSR count). The van der Waals surface area contributed by atoms with Crippen molar-refractivity contribution in [1.82, 2.24) is 15.1 Å². The third-order valence-electron chi connectivity index (χ3n) is 2.53. The number of nitrogens with one attached hydrogen (secondary N) is 1. The van der Waals surface area contributed by atoms with Gasteiger partial charge in [0.2, 0.25) is 5.76 Å². The van der Waals surface area contributed by atoms with Crippen LogP contribution in [-0.4, -0.2) is 26.8 Å². The van der Waals surface area contributed by atoms with Crippen molar-refractivity contribution in [3.05, 3.63) is 41.1 Å². The number of rotatable bonds is 4. The molecule has 1 amide bonds. The summed E-state index contributed by atoms with van der Waals surface area (Å²) >= 11 is 0. The van der Waals surface area contributed by atoms with Gasteiger partial charge in [-0.3, -0.25) is 9.48 Å². The molecule has 2 aromatic heterocycles. The summed E-state index contributed by atoms with van der Waals surface area (Å²) in [7, 11) is 1.68. The summed E-state index contributed by atoms with van der Waals surface area (Å²) in [4.78, 5) is 22.5. The zero-order chi connectivity index (χ0) is 14.0. The van der Waals surface area contributed by atoms with Crippen molar-refractivity contribution in [3.8, 4) is 0 Å². The Kier molecular flexibility index (Phi) is 3.37. The van der Waals surface area contributed by atoms with Crippen LogP contribution in [0.3, 0.4) is 0 Å². The van der Waals surface area contributed by atoms with Crippen LogP contribution in [-0.2, 0) is 13.6 Å². The average Bonchev–Trinajstić information content (AvgIpc) is 2.93. The van der Waals surface area contributed by atoms with Gasteiger partial charge in [-0.1, -0.05) is 0 Å². The quantitative estimate of drug-likeness (QED) is 0.855. The highest BCUT2D eigenvalue weighted by Crippen LogP contribution is 2.08. The average molecular weight is 263 g/mol. The highest BCUT2D eigenvalue weighted by molar-refractivity contribution is 5.92. The lowest BCUT2D eigenvalue weighted by Crippen LogP contribution is -2.24. The number of aromatic nitrogens is 2. The first kappa shape index (κ1) is 12.9. The van der Waals surface area contributed by atoms with Crippen LogP contribution in [0.5, 0.6) is 0 Å². The van der Waals surface area contributed by atoms with Gasteiger partial charge in [-0.25, -0.2) is 4.79 Å². The van der Waals surface area contributed by atoms with Gasteiger partial charge in [-0.05, 0) is 25.1 Å². The molecule has 2 aromatic rings. The second-order valence-corrected chi connectivity index (χ2v) is 4.05. The number of carbonyl (C=O) groups is 2. The van der Waals surface area contributed by atoms with E-state index in [4.69, 9.17) is 9.52 Å². The van der Waals surface area contributed by atoms with E-state index < -0.39 is 5.97 Å². The molecule has 0 bridgehead atoms. The van der Waals surface area contributed by atoms with Gasteiger partial charge < -0.3 is 14.8 Å². The maximum Gasteiger partial charge on any atom is 0.371 e. The van der Waals surface area contributed by atoms with E-state index in [-0.39, 0.29) is 18.2 Å². The summed E-state index contributed by atoms with van der Waals surface area (Å²) in [6, 6.07) is 4.52. The molecule has 0 fully saturated rings. The van der Waals surface area contributed by atoms with Crippen LogP contribution in [0.15, 0.2) is 22.6 Å². The molecule has 0 aromatic carbocycles. The van der Waals surface area contributed by atoms with E-state index >= 15 is 0 Å². The SMILES string of the molecule is Cc1cc(C(=O)NCc2ccc(C(=O)O)o2)n(C)n1. The minimum absolute atomic E-state index is 0.121. The van der Waals surface area contributed by atoms with Crippen LogP contribution >= 0.6 is 0 Å². The van der Waals surface area contributed by atoms with Crippen molar-refractivity contribution in [1.29, 1.82) is 0 Å². The van der Waals surface area contributed by atoms with Crippen LogP contribution in [0.4, 0.5) is 0 Å². The second kappa shape index (κ2) is 4.97. The molecule has 0 aliphatic heterocycles. The molecule has 0 aliphatic rings. The van der Waals surface area contributed by atoms with E-state index in [1.54, 1.807) is 20.0 Å². The van der Waals surface area contributed by atoms with Crippen LogP contribution < -0.4 is 5.32 Å². The molecule has 2 N–H and O–H groups in total. The number of nitrogens with zero attached hydrogens (tertiary/aromatic N) is 2. The lowest BCUT2D eigenvalue weighted by Gasteiger charge is -2.03. The number of hydrogen-bond acceptors (Lipinski definition) is 4. The number of carbonyl (C=O) groups excluding carboxylic acids is 1. The summed E-state index contributed by atoms with van der Waals surface area (Å²) in [5, 5.41) is 15.4. The van der Waals surface area contributed by atoms with Crippen molar-refractivity contribution in [2.45, 2.75) is 13.5 Å². The standard InChI is InChI=1S/C12H13N3O4/c1-7-5-9(15(2)14-7)11(16)13-6-8-3-4-10(19-8)12(17)18/h3-5H,6H2,1-2H3,(H,13,16)(H,17,18). The smallest absolute Gasteiger partial charge is 0.371 e. The van der Waals surface area contributed by atoms with E-state index in [9.17, 15) is 9.59 Å². The van der Waals surface area contributed by atoms with Crippen molar-refractivity contribution in [2.24, 2.45) is 7.05 Å². The normalized spacial score (nSPS) is 10.4. The lowest BCUT2D eigenvalue weighted by atomic mass is 10.3. The van der Waals surface area contributed by atoms with Crippen molar-refractivity contribution in [3.63, 3.8) is 0 Å². The van der Waals surface area contributed by atoms with Crippen molar-refractivity contribution in [2.75, 3.05) is 0 Å². The Hall–Kier alpha value is -2.57. The molecule has 0 aliphatic carbocycles. The van der Waals surface area contributed by atoms with Crippen molar-refractivity contribution < 1.29 is 19.1 Å². The maximum absolute atomic E-state index is 11.9. The number of hydrogen-bond donors (Lipinski definition) is 2. The summed E-state index contributed by atoms with van der Waals surface area (Å²) in [6.07, 6.45) is 0. The Morgan fingerprint density at radius 2 is 2.21 bits per heavy atom. The van der Waals surface area contributed by atoms with Crippen LogP contribution in [0.25, 0.3) is 0 Å². The summed E-state index contributed by atoms with van der Waals surface area (Å²) in [5.74, 6) is -1.21. The number of carboxylic acids is 1. The van der Waals surface area contributed by atoms with Crippen LogP contribution in [0.2, 0.25) is 0 Å². The van der Waals surface area contributed by atoms with E-state index in [0.717, 1.165) is 5.69 Å². The summed E-state index contributed by atoms with van der Waals surface area (Å²) < 4.78 is 6.51. The van der Waals surface area contributed by atoms with Crippen LogP contribution in [0, 0.1) is 6.92 Å². The Labute approximate surface area is 108 Å². The van der Waals surface area contributed by atoms with Gasteiger partial charge in [-0.15, -0.1) is 0 Å². The van der Waals surface area contributed by atoms with Gasteiger partial charge in [0.05, 0.1) is 12.2 Å². The molecule has 100 valence electrons. The van der Waals surface area contributed by atoms with E-state index in [1.165, 1.54) is 16.8 Å². The number of amides is 1. The van der Waals surface area contributed by atoms with E-state index in [1.807, 2.05) is 0 Å². The Morgan fingerprint density at radius 1 is 1.47 bits per heavy atom. The third kappa shape index (κ3) is 2.82. The van der Waals surface area contributed by atoms with Crippen molar-refractivity contribution >= 4 is 11.9 Å². The Bertz CT molecular complexity index is 627. The first-order valence-corrected chi connectivity index (χ1v) is 5.58. The molecular weight excluding hydrogens is 250 g/mol. The molecule has 0 unspecified atom stereocenters. The Morgan fingerprint density at radius 3 is 2.74 bits per heavy atom. The van der Waals surface area contributed by atoms with Gasteiger partial charge in [-0.2, -0.15) is 5.10 Å². The fourth-order valence-corrected chi connectivity index (χ4v) is 1.67. The number of aromatic carboxylic acids is 1. The first-order valence-electron chi connectivity index (χ1n) is 5.58. The minimum Gasteiger partial charge on any atom is -0.475 e. The maximum atomic E-state index is 11.9. The zero-order valence-corrected chi connectivity index (χ0v) is 10.5. The highest BCUT2D eigenvalue weighted by Gasteiger charge is 2.13. The molecule has 0 saturated heterocycles. The van der Waals surface area contributed by atoms with Gasteiger partial charge in [0.15, 0.2) is 0 Å². The van der Waals surface area contributed by atoms with Gasteiger partial charge in [0.25, 0.3) is 5.91 Å². The minimum atomic E-state index is -1.14. The molecule has 0 radical (unpaired) electrons. The van der Waals surface area contributed by atoms with Gasteiger partial charge in [0, 0.05) is 7.05 Å². The first-order chi connectivity index (χ1) is 8.97. The van der Waals surface area contributed by atoms with Gasteiger partial charge in [0.1, 0.15) is 11.5 Å². The fraction of sp³-hybridized carbons (Fsp3) is 0.250. The zero-order valence-electron chi connectivity index (χ0n) is 10.5.